The third-order valence-corrected chi connectivity index (χ3v) is 4.87. The van der Waals surface area contributed by atoms with Crippen LogP contribution in [0.2, 0.25) is 0 Å². The van der Waals surface area contributed by atoms with E-state index >= 15 is 0 Å². The molecule has 4 rings (SSSR count). The molecule has 0 atom stereocenters. The number of pyridine rings is 1. The van der Waals surface area contributed by atoms with E-state index in [0.717, 1.165) is 17.1 Å². The maximum atomic E-state index is 12.3. The Morgan fingerprint density at radius 2 is 1.61 bits per heavy atom. The molecule has 0 aliphatic heterocycles. The molecule has 0 bridgehead atoms. The fourth-order valence-corrected chi connectivity index (χ4v) is 3.45. The summed E-state index contributed by atoms with van der Waals surface area (Å²) < 4.78 is 1.97. The van der Waals surface area contributed by atoms with Crippen LogP contribution >= 0.6 is 11.8 Å². The summed E-state index contributed by atoms with van der Waals surface area (Å²) in [6, 6.07) is 25.1. The van der Waals surface area contributed by atoms with Crippen molar-refractivity contribution < 1.29 is 4.79 Å². The Bertz CT molecular complexity index is 1050. The van der Waals surface area contributed by atoms with Gasteiger partial charge in [-0.15, -0.1) is 10.2 Å². The van der Waals surface area contributed by atoms with Crippen molar-refractivity contribution in [3.05, 3.63) is 85.1 Å². The molecule has 4 aromatic rings. The Kier molecular flexibility index (Phi) is 5.44. The molecule has 0 fully saturated rings. The zero-order valence-electron chi connectivity index (χ0n) is 14.9. The average molecular weight is 387 g/mol. The molecule has 0 saturated heterocycles. The molecule has 1 N–H and O–H groups in total. The highest BCUT2D eigenvalue weighted by Crippen LogP contribution is 2.27. The van der Waals surface area contributed by atoms with E-state index in [0.29, 0.717) is 11.0 Å². The fourth-order valence-electron chi connectivity index (χ4n) is 2.69. The van der Waals surface area contributed by atoms with Crippen molar-refractivity contribution in [2.45, 2.75) is 5.16 Å². The summed E-state index contributed by atoms with van der Waals surface area (Å²) in [6.07, 6.45) is 1.64. The summed E-state index contributed by atoms with van der Waals surface area (Å²) in [5.41, 5.74) is 1.91. The van der Waals surface area contributed by atoms with Crippen molar-refractivity contribution >= 4 is 23.5 Å². The molecule has 7 heteroatoms. The molecule has 138 valence electrons. The van der Waals surface area contributed by atoms with Crippen LogP contribution in [0, 0.1) is 0 Å². The van der Waals surface area contributed by atoms with Crippen molar-refractivity contribution in [2.75, 3.05) is 11.1 Å². The number of rotatable bonds is 6. The van der Waals surface area contributed by atoms with Crippen LogP contribution < -0.4 is 5.32 Å². The van der Waals surface area contributed by atoms with Gasteiger partial charge < -0.3 is 5.32 Å². The van der Waals surface area contributed by atoms with E-state index in [-0.39, 0.29) is 11.7 Å². The lowest BCUT2D eigenvalue weighted by molar-refractivity contribution is -0.113. The minimum Gasteiger partial charge on any atom is -0.310 e. The van der Waals surface area contributed by atoms with Crippen LogP contribution in [0.4, 0.5) is 5.82 Å². The van der Waals surface area contributed by atoms with E-state index in [4.69, 9.17) is 0 Å². The zero-order valence-corrected chi connectivity index (χ0v) is 15.7. The second-order valence-electron chi connectivity index (χ2n) is 5.89. The molecule has 0 spiro atoms. The van der Waals surface area contributed by atoms with Crippen molar-refractivity contribution in [1.29, 1.82) is 0 Å². The van der Waals surface area contributed by atoms with Gasteiger partial charge in [0.2, 0.25) is 5.91 Å². The third kappa shape index (κ3) is 4.10. The first-order chi connectivity index (χ1) is 13.8. The van der Waals surface area contributed by atoms with Crippen molar-refractivity contribution in [1.82, 2.24) is 19.7 Å². The lowest BCUT2D eigenvalue weighted by Crippen LogP contribution is -2.15. The van der Waals surface area contributed by atoms with Crippen LogP contribution in [0.3, 0.4) is 0 Å². The lowest BCUT2D eigenvalue weighted by atomic mass is 10.2. The smallest absolute Gasteiger partial charge is 0.236 e. The number of anilines is 1. The first kappa shape index (κ1) is 17.9. The van der Waals surface area contributed by atoms with Crippen LogP contribution in [-0.4, -0.2) is 31.4 Å². The summed E-state index contributed by atoms with van der Waals surface area (Å²) in [5, 5.41) is 12.1. The Balaban J connectivity index is 1.59. The van der Waals surface area contributed by atoms with Gasteiger partial charge in [-0.2, -0.15) is 0 Å². The van der Waals surface area contributed by atoms with Gasteiger partial charge in [0, 0.05) is 17.4 Å². The third-order valence-electron chi connectivity index (χ3n) is 3.94. The standard InChI is InChI=1S/C21H17N5OS/c27-19(23-18-13-7-8-14-22-18)15-28-21-25-24-20(16-9-3-1-4-10-16)26(21)17-11-5-2-6-12-17/h1-14H,15H2,(H,22,23,27). The van der Waals surface area contributed by atoms with Gasteiger partial charge in [0.1, 0.15) is 5.82 Å². The highest BCUT2D eigenvalue weighted by atomic mass is 32.2. The van der Waals surface area contributed by atoms with Crippen LogP contribution in [-0.2, 0) is 4.79 Å². The van der Waals surface area contributed by atoms with E-state index in [1.165, 1.54) is 11.8 Å². The zero-order chi connectivity index (χ0) is 19.2. The van der Waals surface area contributed by atoms with Gasteiger partial charge in [-0.3, -0.25) is 9.36 Å². The Hall–Kier alpha value is -3.45. The monoisotopic (exact) mass is 387 g/mol. The molecule has 2 aromatic heterocycles. The van der Waals surface area contributed by atoms with Gasteiger partial charge in [0.25, 0.3) is 0 Å². The molecule has 0 aliphatic rings. The summed E-state index contributed by atoms with van der Waals surface area (Å²) in [6.45, 7) is 0. The number of amides is 1. The van der Waals surface area contributed by atoms with Crippen molar-refractivity contribution in [3.63, 3.8) is 0 Å². The van der Waals surface area contributed by atoms with Crippen molar-refractivity contribution in [3.8, 4) is 17.1 Å². The summed E-state index contributed by atoms with van der Waals surface area (Å²) in [5.74, 6) is 1.32. The van der Waals surface area contributed by atoms with Gasteiger partial charge in [-0.25, -0.2) is 4.98 Å². The SMILES string of the molecule is O=C(CSc1nnc(-c2ccccc2)n1-c1ccccc1)Nc1ccccn1. The highest BCUT2D eigenvalue weighted by molar-refractivity contribution is 7.99. The Morgan fingerprint density at radius 3 is 2.32 bits per heavy atom. The second kappa shape index (κ2) is 8.49. The Morgan fingerprint density at radius 1 is 0.893 bits per heavy atom. The minimum absolute atomic E-state index is 0.146. The first-order valence-electron chi connectivity index (χ1n) is 8.71. The number of nitrogens with one attached hydrogen (secondary N) is 1. The number of hydrogen-bond acceptors (Lipinski definition) is 5. The molecule has 6 nitrogen and oxygen atoms in total. The number of aromatic nitrogens is 4. The molecular formula is C21H17N5OS. The molecule has 0 saturated carbocycles. The molecule has 0 aliphatic carbocycles. The minimum atomic E-state index is -0.146. The number of nitrogens with zero attached hydrogens (tertiary/aromatic N) is 4. The van der Waals surface area contributed by atoms with Gasteiger partial charge in [-0.1, -0.05) is 66.4 Å². The van der Waals surface area contributed by atoms with E-state index in [1.54, 1.807) is 18.3 Å². The summed E-state index contributed by atoms with van der Waals surface area (Å²) in [7, 11) is 0. The van der Waals surface area contributed by atoms with Gasteiger partial charge in [0.05, 0.1) is 5.75 Å². The van der Waals surface area contributed by atoms with Gasteiger partial charge in [-0.05, 0) is 24.3 Å². The van der Waals surface area contributed by atoms with Crippen molar-refractivity contribution in [2.24, 2.45) is 0 Å². The highest BCUT2D eigenvalue weighted by Gasteiger charge is 2.17. The molecule has 0 unspecified atom stereocenters. The summed E-state index contributed by atoms with van der Waals surface area (Å²) >= 11 is 1.33. The van der Waals surface area contributed by atoms with E-state index in [9.17, 15) is 4.79 Å². The molecular weight excluding hydrogens is 370 g/mol. The van der Waals surface area contributed by atoms with Crippen LogP contribution in [0.25, 0.3) is 17.1 Å². The largest absolute Gasteiger partial charge is 0.310 e. The van der Waals surface area contributed by atoms with Crippen LogP contribution in [0.5, 0.6) is 0 Å². The molecule has 28 heavy (non-hydrogen) atoms. The number of benzene rings is 2. The quantitative estimate of drug-likeness (QED) is 0.505. The average Bonchev–Trinajstić information content (AvgIpc) is 3.18. The normalized spacial score (nSPS) is 10.6. The number of para-hydroxylation sites is 1. The van der Waals surface area contributed by atoms with E-state index in [1.807, 2.05) is 71.3 Å². The summed E-state index contributed by atoms with van der Waals surface area (Å²) in [4.78, 5) is 16.4. The van der Waals surface area contributed by atoms with E-state index < -0.39 is 0 Å². The Labute approximate surface area is 166 Å². The molecule has 1 amide bonds. The fraction of sp³-hybridized carbons (Fsp3) is 0.0476. The topological polar surface area (TPSA) is 72.7 Å². The number of carbonyl (C=O) groups excluding carboxylic acids is 1. The first-order valence-corrected chi connectivity index (χ1v) is 9.70. The molecule has 2 heterocycles. The van der Waals surface area contributed by atoms with Crippen LogP contribution in [0.15, 0.2) is 90.2 Å². The maximum absolute atomic E-state index is 12.3. The number of carbonyl (C=O) groups is 1. The lowest BCUT2D eigenvalue weighted by Gasteiger charge is -2.10. The predicted octanol–water partition coefficient (Wildman–Crippen LogP) is 4.06. The van der Waals surface area contributed by atoms with Gasteiger partial charge >= 0.3 is 0 Å². The maximum Gasteiger partial charge on any atom is 0.236 e. The van der Waals surface area contributed by atoms with Crippen LogP contribution in [0.1, 0.15) is 0 Å². The number of hydrogen-bond donors (Lipinski definition) is 1. The number of thioether (sulfide) groups is 1. The second-order valence-corrected chi connectivity index (χ2v) is 6.84. The molecule has 2 aromatic carbocycles. The van der Waals surface area contributed by atoms with Gasteiger partial charge in [0.15, 0.2) is 11.0 Å². The molecule has 0 radical (unpaired) electrons. The predicted molar refractivity (Wildman–Crippen MR) is 110 cm³/mol. The van der Waals surface area contributed by atoms with E-state index in [2.05, 4.69) is 20.5 Å².